The third-order valence-electron chi connectivity index (χ3n) is 3.16. The van der Waals surface area contributed by atoms with Crippen LogP contribution in [0, 0.1) is 5.82 Å². The van der Waals surface area contributed by atoms with Crippen molar-refractivity contribution >= 4 is 5.96 Å². The van der Waals surface area contributed by atoms with Crippen LogP contribution in [0.15, 0.2) is 35.6 Å². The lowest BCUT2D eigenvalue weighted by molar-refractivity contribution is 0.214. The van der Waals surface area contributed by atoms with Crippen molar-refractivity contribution in [2.24, 2.45) is 12.0 Å². The Morgan fingerprint density at radius 2 is 2.17 bits per heavy atom. The van der Waals surface area contributed by atoms with E-state index < -0.39 is 0 Å². The van der Waals surface area contributed by atoms with Crippen molar-refractivity contribution in [3.05, 3.63) is 42.2 Å². The van der Waals surface area contributed by atoms with Gasteiger partial charge < -0.3 is 15.4 Å². The van der Waals surface area contributed by atoms with E-state index in [1.165, 1.54) is 12.4 Å². The number of aromatic nitrogens is 3. The average molecular weight is 320 g/mol. The molecule has 1 atom stereocenters. The van der Waals surface area contributed by atoms with Crippen molar-refractivity contribution in [2.75, 3.05) is 13.6 Å². The van der Waals surface area contributed by atoms with E-state index in [-0.39, 0.29) is 17.7 Å². The van der Waals surface area contributed by atoms with E-state index in [1.807, 2.05) is 14.0 Å². The number of nitrogens with zero attached hydrogens (tertiary/aromatic N) is 4. The van der Waals surface area contributed by atoms with Crippen LogP contribution in [0.4, 0.5) is 4.39 Å². The van der Waals surface area contributed by atoms with Crippen LogP contribution >= 0.6 is 0 Å². The second kappa shape index (κ2) is 8.11. The first kappa shape index (κ1) is 16.7. The molecule has 0 aliphatic rings. The number of nitrogens with one attached hydrogen (secondary N) is 2. The van der Waals surface area contributed by atoms with Gasteiger partial charge in [-0.3, -0.25) is 9.67 Å². The standard InChI is InChI=1S/C15H21FN6O/c1-11(23-13-7-5-4-6-12(13)16)8-18-15(17-2)19-9-14-20-10-21-22(14)3/h4-7,10-11H,8-9H2,1-3H3,(H2,17,18,19). The molecule has 2 rings (SSSR count). The second-order valence-corrected chi connectivity index (χ2v) is 4.97. The van der Waals surface area contributed by atoms with Crippen molar-refractivity contribution < 1.29 is 9.13 Å². The van der Waals surface area contributed by atoms with E-state index in [1.54, 1.807) is 29.9 Å². The number of benzene rings is 1. The van der Waals surface area contributed by atoms with E-state index in [2.05, 4.69) is 25.7 Å². The van der Waals surface area contributed by atoms with Gasteiger partial charge in [0.25, 0.3) is 0 Å². The maximum Gasteiger partial charge on any atom is 0.191 e. The summed E-state index contributed by atoms with van der Waals surface area (Å²) in [7, 11) is 3.50. The van der Waals surface area contributed by atoms with Gasteiger partial charge in [-0.15, -0.1) is 0 Å². The molecule has 0 radical (unpaired) electrons. The molecule has 124 valence electrons. The molecule has 0 bridgehead atoms. The van der Waals surface area contributed by atoms with Crippen LogP contribution in [-0.2, 0) is 13.6 Å². The highest BCUT2D eigenvalue weighted by atomic mass is 19.1. The first-order chi connectivity index (χ1) is 11.1. The van der Waals surface area contributed by atoms with Crippen molar-refractivity contribution in [1.29, 1.82) is 0 Å². The van der Waals surface area contributed by atoms with Crippen LogP contribution < -0.4 is 15.4 Å². The first-order valence-corrected chi connectivity index (χ1v) is 7.28. The van der Waals surface area contributed by atoms with E-state index in [0.29, 0.717) is 19.0 Å². The molecule has 0 amide bonds. The van der Waals surface area contributed by atoms with Crippen LogP contribution in [0.5, 0.6) is 5.75 Å². The lowest BCUT2D eigenvalue weighted by atomic mass is 10.3. The summed E-state index contributed by atoms with van der Waals surface area (Å²) in [6.07, 6.45) is 1.28. The number of aliphatic imine (C=N–C) groups is 1. The van der Waals surface area contributed by atoms with E-state index in [4.69, 9.17) is 4.74 Å². The van der Waals surface area contributed by atoms with Crippen molar-refractivity contribution in [3.63, 3.8) is 0 Å². The Morgan fingerprint density at radius 1 is 1.39 bits per heavy atom. The van der Waals surface area contributed by atoms with Gasteiger partial charge in [-0.1, -0.05) is 12.1 Å². The second-order valence-electron chi connectivity index (χ2n) is 4.97. The Hall–Kier alpha value is -2.64. The van der Waals surface area contributed by atoms with Crippen molar-refractivity contribution in [2.45, 2.75) is 19.6 Å². The maximum atomic E-state index is 13.5. The van der Waals surface area contributed by atoms with Gasteiger partial charge in [-0.05, 0) is 19.1 Å². The number of hydrogen-bond donors (Lipinski definition) is 2. The molecule has 1 aromatic heterocycles. The summed E-state index contributed by atoms with van der Waals surface area (Å²) in [5.41, 5.74) is 0. The number of aryl methyl sites for hydroxylation is 1. The maximum absolute atomic E-state index is 13.5. The van der Waals surface area contributed by atoms with E-state index in [9.17, 15) is 4.39 Å². The zero-order valence-corrected chi connectivity index (χ0v) is 13.5. The summed E-state index contributed by atoms with van der Waals surface area (Å²) >= 11 is 0. The molecule has 1 heterocycles. The topological polar surface area (TPSA) is 76.4 Å². The van der Waals surface area contributed by atoms with Crippen LogP contribution in [0.3, 0.4) is 0 Å². The molecule has 0 saturated heterocycles. The molecule has 0 saturated carbocycles. The minimum Gasteiger partial charge on any atom is -0.486 e. The zero-order valence-electron chi connectivity index (χ0n) is 13.5. The monoisotopic (exact) mass is 320 g/mol. The fraction of sp³-hybridized carbons (Fsp3) is 0.400. The van der Waals surface area contributed by atoms with Crippen LogP contribution in [0.25, 0.3) is 0 Å². The molecule has 1 aromatic carbocycles. The van der Waals surface area contributed by atoms with Crippen molar-refractivity contribution in [1.82, 2.24) is 25.4 Å². The lowest BCUT2D eigenvalue weighted by Crippen LogP contribution is -2.41. The molecular weight excluding hydrogens is 299 g/mol. The molecule has 1 unspecified atom stereocenters. The largest absolute Gasteiger partial charge is 0.486 e. The number of rotatable bonds is 6. The molecule has 2 N–H and O–H groups in total. The van der Waals surface area contributed by atoms with Gasteiger partial charge in [-0.25, -0.2) is 9.37 Å². The molecule has 0 spiro atoms. The highest BCUT2D eigenvalue weighted by Gasteiger charge is 2.09. The summed E-state index contributed by atoms with van der Waals surface area (Å²) in [5.74, 6) is 1.27. The van der Waals surface area contributed by atoms with Gasteiger partial charge in [0.05, 0.1) is 13.1 Å². The SMILES string of the molecule is CN=C(NCc1ncnn1C)NCC(C)Oc1ccccc1F. The summed E-state index contributed by atoms with van der Waals surface area (Å²) < 4.78 is 20.8. The Balaban J connectivity index is 1.79. The number of para-hydroxylation sites is 1. The summed E-state index contributed by atoms with van der Waals surface area (Å²) in [6, 6.07) is 6.34. The number of ether oxygens (including phenoxy) is 1. The third-order valence-corrected chi connectivity index (χ3v) is 3.16. The summed E-state index contributed by atoms with van der Waals surface area (Å²) in [4.78, 5) is 8.24. The number of halogens is 1. The average Bonchev–Trinajstić information content (AvgIpc) is 2.95. The summed E-state index contributed by atoms with van der Waals surface area (Å²) in [5, 5.41) is 10.3. The Labute approximate surface area is 134 Å². The van der Waals surface area contributed by atoms with Gasteiger partial charge >= 0.3 is 0 Å². The van der Waals surface area contributed by atoms with Gasteiger partial charge in [-0.2, -0.15) is 5.10 Å². The Morgan fingerprint density at radius 3 is 2.83 bits per heavy atom. The normalized spacial score (nSPS) is 12.8. The van der Waals surface area contributed by atoms with Gasteiger partial charge in [0.15, 0.2) is 17.5 Å². The predicted octanol–water partition coefficient (Wildman–Crippen LogP) is 1.09. The molecule has 0 fully saturated rings. The highest BCUT2D eigenvalue weighted by Crippen LogP contribution is 2.16. The smallest absolute Gasteiger partial charge is 0.191 e. The molecule has 2 aromatic rings. The predicted molar refractivity (Wildman–Crippen MR) is 85.7 cm³/mol. The highest BCUT2D eigenvalue weighted by molar-refractivity contribution is 5.79. The molecule has 8 heteroatoms. The Kier molecular flexibility index (Phi) is 5.90. The lowest BCUT2D eigenvalue weighted by Gasteiger charge is -2.17. The fourth-order valence-electron chi connectivity index (χ4n) is 1.90. The van der Waals surface area contributed by atoms with Gasteiger partial charge in [0, 0.05) is 14.1 Å². The minimum atomic E-state index is -0.371. The minimum absolute atomic E-state index is 0.222. The van der Waals surface area contributed by atoms with Crippen LogP contribution in [0.1, 0.15) is 12.7 Å². The fourth-order valence-corrected chi connectivity index (χ4v) is 1.90. The zero-order chi connectivity index (χ0) is 16.7. The Bertz CT molecular complexity index is 657. The first-order valence-electron chi connectivity index (χ1n) is 7.28. The molecular formula is C15H21FN6O. The quantitative estimate of drug-likeness (QED) is 0.615. The molecule has 23 heavy (non-hydrogen) atoms. The van der Waals surface area contributed by atoms with Crippen LogP contribution in [0.2, 0.25) is 0 Å². The number of hydrogen-bond acceptors (Lipinski definition) is 4. The number of guanidine groups is 1. The molecule has 7 nitrogen and oxygen atoms in total. The molecule has 0 aliphatic carbocycles. The third kappa shape index (κ3) is 4.94. The van der Waals surface area contributed by atoms with E-state index in [0.717, 1.165) is 5.82 Å². The summed E-state index contributed by atoms with van der Waals surface area (Å²) in [6.45, 7) is 2.83. The van der Waals surface area contributed by atoms with Gasteiger partial charge in [0.2, 0.25) is 0 Å². The molecule has 0 aliphatic heterocycles. The van der Waals surface area contributed by atoms with Gasteiger partial charge in [0.1, 0.15) is 18.3 Å². The van der Waals surface area contributed by atoms with Crippen LogP contribution in [-0.4, -0.2) is 40.4 Å². The van der Waals surface area contributed by atoms with Crippen molar-refractivity contribution in [3.8, 4) is 5.75 Å². The van der Waals surface area contributed by atoms with E-state index >= 15 is 0 Å².